The SMILES string of the molecule is COC(=O)Cc1cc(NCc2ccc3c(c2)OCO3)c2ccccc2n1. The number of carbonyl (C=O) groups is 1. The monoisotopic (exact) mass is 350 g/mol. The van der Waals surface area contributed by atoms with Gasteiger partial charge in [-0.3, -0.25) is 9.78 Å². The predicted molar refractivity (Wildman–Crippen MR) is 97.4 cm³/mol. The summed E-state index contributed by atoms with van der Waals surface area (Å²) in [6, 6.07) is 15.6. The molecule has 6 nitrogen and oxygen atoms in total. The molecule has 0 amide bonds. The number of hydrogen-bond donors (Lipinski definition) is 1. The van der Waals surface area contributed by atoms with Crippen molar-refractivity contribution >= 4 is 22.6 Å². The molecule has 1 N–H and O–H groups in total. The summed E-state index contributed by atoms with van der Waals surface area (Å²) >= 11 is 0. The number of anilines is 1. The molecule has 0 atom stereocenters. The lowest BCUT2D eigenvalue weighted by Gasteiger charge is -2.12. The van der Waals surface area contributed by atoms with Gasteiger partial charge in [0.2, 0.25) is 6.79 Å². The standard InChI is InChI=1S/C20H18N2O4/c1-24-20(23)10-14-9-17(15-4-2-3-5-16(15)22-14)21-11-13-6-7-18-19(8-13)26-12-25-18/h2-9H,10-12H2,1H3,(H,21,22). The van der Waals surface area contributed by atoms with Gasteiger partial charge in [-0.05, 0) is 29.8 Å². The van der Waals surface area contributed by atoms with Crippen LogP contribution in [0.2, 0.25) is 0 Å². The molecule has 4 rings (SSSR count). The second-order valence-corrected chi connectivity index (χ2v) is 5.97. The van der Waals surface area contributed by atoms with Crippen LogP contribution in [0.3, 0.4) is 0 Å². The number of fused-ring (bicyclic) bond motifs is 2. The fourth-order valence-corrected chi connectivity index (χ4v) is 2.94. The van der Waals surface area contributed by atoms with Crippen molar-refractivity contribution < 1.29 is 19.0 Å². The lowest BCUT2D eigenvalue weighted by Crippen LogP contribution is -2.08. The van der Waals surface area contributed by atoms with Crippen molar-refractivity contribution in [2.45, 2.75) is 13.0 Å². The molecule has 2 aromatic carbocycles. The van der Waals surface area contributed by atoms with E-state index in [4.69, 9.17) is 14.2 Å². The third-order valence-corrected chi connectivity index (χ3v) is 4.24. The first-order chi connectivity index (χ1) is 12.7. The van der Waals surface area contributed by atoms with Crippen LogP contribution in [0.15, 0.2) is 48.5 Å². The molecular formula is C20H18N2O4. The Kier molecular flexibility index (Phi) is 4.31. The summed E-state index contributed by atoms with van der Waals surface area (Å²) in [6.07, 6.45) is 0.139. The van der Waals surface area contributed by atoms with Crippen LogP contribution in [0.25, 0.3) is 10.9 Å². The molecule has 2 heterocycles. The predicted octanol–water partition coefficient (Wildman–Crippen LogP) is 3.29. The van der Waals surface area contributed by atoms with E-state index in [-0.39, 0.29) is 19.2 Å². The number of rotatable bonds is 5. The molecule has 1 aliphatic rings. The molecule has 26 heavy (non-hydrogen) atoms. The minimum atomic E-state index is -0.311. The third kappa shape index (κ3) is 3.26. The van der Waals surface area contributed by atoms with Gasteiger partial charge in [0.25, 0.3) is 0 Å². The molecule has 0 saturated carbocycles. The lowest BCUT2D eigenvalue weighted by molar-refractivity contribution is -0.139. The van der Waals surface area contributed by atoms with Crippen molar-refractivity contribution in [3.05, 3.63) is 59.8 Å². The largest absolute Gasteiger partial charge is 0.469 e. The van der Waals surface area contributed by atoms with Crippen molar-refractivity contribution in [1.29, 1.82) is 0 Å². The zero-order valence-corrected chi connectivity index (χ0v) is 14.3. The molecule has 0 bridgehead atoms. The van der Waals surface area contributed by atoms with Crippen molar-refractivity contribution in [1.82, 2.24) is 4.98 Å². The lowest BCUT2D eigenvalue weighted by atomic mass is 10.1. The normalized spacial score (nSPS) is 12.2. The fourth-order valence-electron chi connectivity index (χ4n) is 2.94. The molecule has 0 fully saturated rings. The maximum Gasteiger partial charge on any atom is 0.311 e. The van der Waals surface area contributed by atoms with E-state index in [1.54, 1.807) is 0 Å². The minimum Gasteiger partial charge on any atom is -0.469 e. The van der Waals surface area contributed by atoms with Crippen molar-refractivity contribution in [2.24, 2.45) is 0 Å². The fraction of sp³-hybridized carbons (Fsp3) is 0.200. The minimum absolute atomic E-state index is 0.139. The molecule has 0 spiro atoms. The highest BCUT2D eigenvalue weighted by Gasteiger charge is 2.14. The Morgan fingerprint density at radius 1 is 1.15 bits per heavy atom. The molecule has 1 aromatic heterocycles. The summed E-state index contributed by atoms with van der Waals surface area (Å²) in [5, 5.41) is 4.44. The number of nitrogens with zero attached hydrogens (tertiary/aromatic N) is 1. The number of benzene rings is 2. The van der Waals surface area contributed by atoms with Crippen LogP contribution in [0, 0.1) is 0 Å². The van der Waals surface area contributed by atoms with Crippen molar-refractivity contribution in [3.8, 4) is 11.5 Å². The van der Waals surface area contributed by atoms with Gasteiger partial charge in [-0.1, -0.05) is 24.3 Å². The van der Waals surface area contributed by atoms with Crippen LogP contribution < -0.4 is 14.8 Å². The summed E-state index contributed by atoms with van der Waals surface area (Å²) in [4.78, 5) is 16.2. The summed E-state index contributed by atoms with van der Waals surface area (Å²) in [7, 11) is 1.38. The first kappa shape index (κ1) is 16.2. The first-order valence-corrected chi connectivity index (χ1v) is 8.31. The molecule has 0 radical (unpaired) electrons. The first-order valence-electron chi connectivity index (χ1n) is 8.31. The molecule has 132 valence electrons. The van der Waals surface area contributed by atoms with E-state index in [0.29, 0.717) is 12.2 Å². The number of nitrogens with one attached hydrogen (secondary N) is 1. The van der Waals surface area contributed by atoms with E-state index in [2.05, 4.69) is 10.3 Å². The molecule has 1 aliphatic heterocycles. The van der Waals surface area contributed by atoms with Crippen LogP contribution >= 0.6 is 0 Å². The topological polar surface area (TPSA) is 69.7 Å². The number of esters is 1. The zero-order valence-electron chi connectivity index (χ0n) is 14.3. The second-order valence-electron chi connectivity index (χ2n) is 5.97. The van der Waals surface area contributed by atoms with E-state index in [1.807, 2.05) is 48.5 Å². The summed E-state index contributed by atoms with van der Waals surface area (Å²) in [6.45, 7) is 0.875. The number of pyridine rings is 1. The average molecular weight is 350 g/mol. The number of methoxy groups -OCH3 is 1. The van der Waals surface area contributed by atoms with Crippen LogP contribution in [0.4, 0.5) is 5.69 Å². The molecule has 3 aromatic rings. The zero-order chi connectivity index (χ0) is 17.9. The van der Waals surface area contributed by atoms with Gasteiger partial charge in [-0.2, -0.15) is 0 Å². The molecule has 0 unspecified atom stereocenters. The summed E-state index contributed by atoms with van der Waals surface area (Å²) in [5.41, 5.74) is 3.50. The van der Waals surface area contributed by atoms with E-state index >= 15 is 0 Å². The van der Waals surface area contributed by atoms with Gasteiger partial charge in [0.15, 0.2) is 11.5 Å². The van der Waals surface area contributed by atoms with Gasteiger partial charge in [0.1, 0.15) is 0 Å². The van der Waals surface area contributed by atoms with Gasteiger partial charge in [-0.15, -0.1) is 0 Å². The average Bonchev–Trinajstić information content (AvgIpc) is 3.13. The van der Waals surface area contributed by atoms with Gasteiger partial charge < -0.3 is 19.5 Å². The molecule has 0 aliphatic carbocycles. The summed E-state index contributed by atoms with van der Waals surface area (Å²) in [5.74, 6) is 1.22. The van der Waals surface area contributed by atoms with Crippen LogP contribution in [-0.4, -0.2) is 24.9 Å². The Hall–Kier alpha value is -3.28. The van der Waals surface area contributed by atoms with Gasteiger partial charge in [0.05, 0.1) is 24.7 Å². The Morgan fingerprint density at radius 3 is 2.88 bits per heavy atom. The highest BCUT2D eigenvalue weighted by atomic mass is 16.7. The van der Waals surface area contributed by atoms with Crippen LogP contribution in [0.1, 0.15) is 11.3 Å². The maximum atomic E-state index is 11.6. The highest BCUT2D eigenvalue weighted by molar-refractivity contribution is 5.92. The molecule has 0 saturated heterocycles. The molecule has 6 heteroatoms. The number of carbonyl (C=O) groups excluding carboxylic acids is 1. The number of aromatic nitrogens is 1. The quantitative estimate of drug-likeness (QED) is 0.712. The van der Waals surface area contributed by atoms with Crippen molar-refractivity contribution in [3.63, 3.8) is 0 Å². The maximum absolute atomic E-state index is 11.6. The highest BCUT2D eigenvalue weighted by Crippen LogP contribution is 2.33. The summed E-state index contributed by atoms with van der Waals surface area (Å²) < 4.78 is 15.5. The molecular weight excluding hydrogens is 332 g/mol. The second kappa shape index (κ2) is 6.92. The van der Waals surface area contributed by atoms with E-state index < -0.39 is 0 Å². The number of hydrogen-bond acceptors (Lipinski definition) is 6. The van der Waals surface area contributed by atoms with Crippen LogP contribution in [0.5, 0.6) is 11.5 Å². The van der Waals surface area contributed by atoms with Gasteiger partial charge in [0, 0.05) is 17.6 Å². The van der Waals surface area contributed by atoms with E-state index in [9.17, 15) is 4.79 Å². The van der Waals surface area contributed by atoms with Crippen LogP contribution in [-0.2, 0) is 22.5 Å². The smallest absolute Gasteiger partial charge is 0.311 e. The Balaban J connectivity index is 1.61. The Bertz CT molecular complexity index is 971. The Morgan fingerprint density at radius 2 is 2.00 bits per heavy atom. The van der Waals surface area contributed by atoms with Gasteiger partial charge >= 0.3 is 5.97 Å². The Labute approximate surface area is 150 Å². The van der Waals surface area contributed by atoms with E-state index in [1.165, 1.54) is 7.11 Å². The van der Waals surface area contributed by atoms with Crippen molar-refractivity contribution in [2.75, 3.05) is 19.2 Å². The van der Waals surface area contributed by atoms with E-state index in [0.717, 1.165) is 33.7 Å². The number of ether oxygens (including phenoxy) is 3. The third-order valence-electron chi connectivity index (χ3n) is 4.24. The van der Waals surface area contributed by atoms with Gasteiger partial charge in [-0.25, -0.2) is 0 Å². The number of para-hydroxylation sites is 1.